The smallest absolute Gasteiger partial charge is 0.744 e. The summed E-state index contributed by atoms with van der Waals surface area (Å²) in [4.78, 5) is -0.267. The van der Waals surface area contributed by atoms with Crippen LogP contribution in [-0.4, -0.2) is 74.8 Å². The minimum absolute atomic E-state index is 0. The quantitative estimate of drug-likeness (QED) is 0.0370. The molecule has 2 aromatic carbocycles. The molecule has 0 N–H and O–H groups in total. The Balaban J connectivity index is 0.00000136. The van der Waals surface area contributed by atoms with Crippen molar-refractivity contribution < 1.29 is 25.9 Å². The van der Waals surface area contributed by atoms with Crippen LogP contribution in [0.5, 0.6) is 0 Å². The van der Waals surface area contributed by atoms with Crippen molar-refractivity contribution in [1.29, 1.82) is 0 Å². The van der Waals surface area contributed by atoms with Crippen LogP contribution in [-0.2, 0) is 33.1 Å². The van der Waals surface area contributed by atoms with Gasteiger partial charge < -0.3 is 9.11 Å². The minimum atomic E-state index is -4.33. The van der Waals surface area contributed by atoms with Crippen LogP contribution >= 0.6 is 0 Å². The zero-order valence-corrected chi connectivity index (χ0v) is 52.6. The normalized spacial score (nSPS) is 11.7. The summed E-state index contributed by atoms with van der Waals surface area (Å²) in [6.45, 7) is 4.58. The maximum atomic E-state index is 11.0. The molecule has 0 amide bonds. The van der Waals surface area contributed by atoms with Gasteiger partial charge in [0.1, 0.15) is 20.2 Å². The van der Waals surface area contributed by atoms with Crippen molar-refractivity contribution in [2.75, 3.05) is 0 Å². The van der Waals surface area contributed by atoms with Crippen LogP contribution in [0.25, 0.3) is 0 Å². The van der Waals surface area contributed by atoms with Crippen LogP contribution in [0.2, 0.25) is 0 Å². The first-order valence-corrected chi connectivity index (χ1v) is 33.0. The summed E-state index contributed by atoms with van der Waals surface area (Å²) >= 11 is 0. The maximum absolute atomic E-state index is 11.0. The first-order chi connectivity index (χ1) is 34.1. The van der Waals surface area contributed by atoms with Gasteiger partial charge in [0.15, 0.2) is 0 Å². The van der Waals surface area contributed by atoms with Crippen LogP contribution in [0.4, 0.5) is 0 Å². The molecule has 0 radical (unpaired) electrons. The molecule has 9 heteroatoms. The van der Waals surface area contributed by atoms with Gasteiger partial charge in [0.05, 0.1) is 9.79 Å². The fourth-order valence-electron chi connectivity index (χ4n) is 9.87. The zero-order valence-electron chi connectivity index (χ0n) is 46.5. The zero-order chi connectivity index (χ0) is 50.9. The van der Waals surface area contributed by atoms with Crippen molar-refractivity contribution in [3.05, 3.63) is 59.7 Å². The summed E-state index contributed by atoms with van der Waals surface area (Å²) in [7, 11) is -8.65. The Labute approximate surface area is 482 Å². The van der Waals surface area contributed by atoms with E-state index in [1.54, 1.807) is 24.3 Å². The number of rotatable bonds is 50. The van der Waals surface area contributed by atoms with Gasteiger partial charge in [-0.3, -0.25) is 0 Å². The molecule has 0 aliphatic heterocycles. The monoisotopic (exact) mass is 1150 g/mol. The molecule has 71 heavy (non-hydrogen) atoms. The van der Waals surface area contributed by atoms with E-state index >= 15 is 0 Å². The average Bonchev–Trinajstić information content (AvgIpc) is 3.34. The second-order valence-corrected chi connectivity index (χ2v) is 24.0. The predicted octanol–water partition coefficient (Wildman–Crippen LogP) is 19.9. The maximum Gasteiger partial charge on any atom is 2.00 e. The molecule has 0 unspecified atom stereocenters. The van der Waals surface area contributed by atoms with E-state index < -0.39 is 20.2 Å². The summed E-state index contributed by atoms with van der Waals surface area (Å²) < 4.78 is 65.7. The van der Waals surface area contributed by atoms with Crippen LogP contribution in [0, 0.1) is 0 Å². The van der Waals surface area contributed by atoms with E-state index in [0.717, 1.165) is 36.8 Å². The molecule has 0 spiro atoms. The molecule has 0 aliphatic carbocycles. The standard InChI is InChI=1S/2C31H56O3S.Ba/c2*1-2-3-4-5-6-7-8-9-10-11-12-13-14-15-16-17-18-19-20-21-22-23-24-25-30-26-28-31(29-27-30)35(32,33)34;/h2*26-29H,2-25H2,1H3,(H,32,33,34);/q;;+2/p-2. The van der Waals surface area contributed by atoms with Crippen molar-refractivity contribution in [1.82, 2.24) is 0 Å². The SMILES string of the molecule is CCCCCCCCCCCCCCCCCCCCCCCCCc1ccc(S(=O)(=O)[O-])cc1.CCCCCCCCCCCCCCCCCCCCCCCCCc1ccc(S(=O)(=O)[O-])cc1.[Ba+2]. The number of aryl methyl sites for hydroxylation is 2. The molecule has 0 saturated carbocycles. The van der Waals surface area contributed by atoms with E-state index in [9.17, 15) is 25.9 Å². The molecule has 2 aromatic rings. The second kappa shape index (κ2) is 51.9. The summed E-state index contributed by atoms with van der Waals surface area (Å²) in [6, 6.07) is 12.8. The van der Waals surface area contributed by atoms with E-state index in [1.807, 2.05) is 0 Å². The van der Waals surface area contributed by atoms with Crippen molar-refractivity contribution >= 4 is 69.1 Å². The Morgan fingerprint density at radius 2 is 0.394 bits per heavy atom. The third kappa shape index (κ3) is 48.0. The second-order valence-electron chi connectivity index (χ2n) is 21.3. The molecule has 0 atom stereocenters. The Bertz CT molecular complexity index is 1490. The van der Waals surface area contributed by atoms with Crippen molar-refractivity contribution in [2.45, 2.75) is 332 Å². The first-order valence-electron chi connectivity index (χ1n) is 30.2. The minimum Gasteiger partial charge on any atom is -0.744 e. The van der Waals surface area contributed by atoms with E-state index in [1.165, 1.54) is 307 Å². The van der Waals surface area contributed by atoms with Gasteiger partial charge in [-0.15, -0.1) is 0 Å². The molecule has 0 heterocycles. The first kappa shape index (κ1) is 70.8. The average molecular weight is 1150 g/mol. The van der Waals surface area contributed by atoms with Gasteiger partial charge in [0, 0.05) is 0 Å². The van der Waals surface area contributed by atoms with Gasteiger partial charge in [0.2, 0.25) is 0 Å². The summed E-state index contributed by atoms with van der Waals surface area (Å²) in [5.74, 6) is 0. The number of hydrogen-bond acceptors (Lipinski definition) is 6. The van der Waals surface area contributed by atoms with Gasteiger partial charge in [-0.2, -0.15) is 0 Å². The molecule has 0 fully saturated rings. The van der Waals surface area contributed by atoms with Gasteiger partial charge in [-0.25, -0.2) is 16.8 Å². The van der Waals surface area contributed by atoms with Crippen LogP contribution < -0.4 is 0 Å². The Morgan fingerprint density at radius 3 is 0.535 bits per heavy atom. The van der Waals surface area contributed by atoms with Gasteiger partial charge in [0.25, 0.3) is 0 Å². The summed E-state index contributed by atoms with van der Waals surface area (Å²) in [5, 5.41) is 0. The van der Waals surface area contributed by atoms with Crippen molar-refractivity contribution in [3.63, 3.8) is 0 Å². The van der Waals surface area contributed by atoms with E-state index in [4.69, 9.17) is 0 Å². The Morgan fingerprint density at radius 1 is 0.254 bits per heavy atom. The van der Waals surface area contributed by atoms with Crippen LogP contribution in [0.1, 0.15) is 320 Å². The molecule has 0 aromatic heterocycles. The molecule has 0 bridgehead atoms. The van der Waals surface area contributed by atoms with Gasteiger partial charge >= 0.3 is 48.9 Å². The van der Waals surface area contributed by atoms with Gasteiger partial charge in [-0.1, -0.05) is 321 Å². The van der Waals surface area contributed by atoms with E-state index in [2.05, 4.69) is 13.8 Å². The van der Waals surface area contributed by atoms with E-state index in [0.29, 0.717) is 0 Å². The fraction of sp³-hybridized carbons (Fsp3) is 0.806. The van der Waals surface area contributed by atoms with Crippen molar-refractivity contribution in [2.24, 2.45) is 0 Å². The topological polar surface area (TPSA) is 114 Å². The van der Waals surface area contributed by atoms with Crippen LogP contribution in [0.3, 0.4) is 0 Å². The third-order valence-electron chi connectivity index (χ3n) is 14.6. The van der Waals surface area contributed by atoms with Gasteiger partial charge in [-0.05, 0) is 61.1 Å². The van der Waals surface area contributed by atoms with Crippen LogP contribution in [0.15, 0.2) is 58.3 Å². The number of unbranched alkanes of at least 4 members (excludes halogenated alkanes) is 44. The number of hydrogen-bond donors (Lipinski definition) is 0. The van der Waals surface area contributed by atoms with Crippen molar-refractivity contribution in [3.8, 4) is 0 Å². The third-order valence-corrected chi connectivity index (χ3v) is 16.3. The molecule has 0 saturated heterocycles. The molecule has 0 aliphatic rings. The fourth-order valence-corrected chi connectivity index (χ4v) is 10.8. The molecule has 408 valence electrons. The van der Waals surface area contributed by atoms with E-state index in [-0.39, 0.29) is 58.7 Å². The molecule has 6 nitrogen and oxygen atoms in total. The largest absolute Gasteiger partial charge is 2.00 e. The Hall–Kier alpha value is -0.169. The molecule has 2 rings (SSSR count). The molecular formula is C62H110BaO6S2. The molecular weight excluding hydrogens is 1040 g/mol. The summed E-state index contributed by atoms with van der Waals surface area (Å²) in [5.41, 5.74) is 2.22. The predicted molar refractivity (Wildman–Crippen MR) is 306 cm³/mol. The summed E-state index contributed by atoms with van der Waals surface area (Å²) in [6.07, 6.45) is 66.1. The number of benzene rings is 2. The Kier molecular flexibility index (Phi) is 51.8.